The molecule has 7 heteroatoms. The van der Waals surface area contributed by atoms with Crippen molar-refractivity contribution in [2.24, 2.45) is 9.98 Å². The number of hydrogen-bond donors (Lipinski definition) is 1. The number of aromatic nitrogens is 3. The smallest absolute Gasteiger partial charge is 0.280 e. The van der Waals surface area contributed by atoms with Crippen molar-refractivity contribution in [3.8, 4) is 16.4 Å². The van der Waals surface area contributed by atoms with Crippen LogP contribution in [0.1, 0.15) is 11.3 Å². The molecule has 0 aliphatic carbocycles. The van der Waals surface area contributed by atoms with E-state index in [4.69, 9.17) is 0 Å². The Kier molecular flexibility index (Phi) is 3.55. The number of hydrogen-bond acceptors (Lipinski definition) is 5. The lowest BCUT2D eigenvalue weighted by Crippen LogP contribution is -2.15. The molecule has 1 aliphatic rings. The van der Waals surface area contributed by atoms with Crippen molar-refractivity contribution < 1.29 is 0 Å². The first-order chi connectivity index (χ1) is 11.7. The molecule has 118 valence electrons. The van der Waals surface area contributed by atoms with Crippen LogP contribution in [-0.2, 0) is 0 Å². The van der Waals surface area contributed by atoms with Crippen LogP contribution in [-0.4, -0.2) is 27.2 Å². The highest BCUT2D eigenvalue weighted by Crippen LogP contribution is 2.23. The Hall–Kier alpha value is -3.06. The third-order valence-electron chi connectivity index (χ3n) is 3.62. The average molecular weight is 335 g/mol. The first kappa shape index (κ1) is 14.5. The summed E-state index contributed by atoms with van der Waals surface area (Å²) in [7, 11) is 0. The van der Waals surface area contributed by atoms with Crippen LogP contribution in [0.4, 0.5) is 0 Å². The van der Waals surface area contributed by atoms with E-state index in [2.05, 4.69) is 20.1 Å². The number of nitrogens with zero attached hydrogens (tertiary/aromatic N) is 4. The second kappa shape index (κ2) is 5.86. The molecule has 0 bridgehead atoms. The van der Waals surface area contributed by atoms with Gasteiger partial charge in [0.1, 0.15) is 0 Å². The van der Waals surface area contributed by atoms with Gasteiger partial charge in [-0.3, -0.25) is 9.89 Å². The Morgan fingerprint density at radius 3 is 2.67 bits per heavy atom. The summed E-state index contributed by atoms with van der Waals surface area (Å²) in [6.07, 6.45) is 4.87. The van der Waals surface area contributed by atoms with Crippen molar-refractivity contribution in [1.29, 1.82) is 0 Å². The van der Waals surface area contributed by atoms with E-state index >= 15 is 0 Å². The van der Waals surface area contributed by atoms with Gasteiger partial charge in [-0.1, -0.05) is 30.3 Å². The van der Waals surface area contributed by atoms with Gasteiger partial charge in [0.25, 0.3) is 5.56 Å². The normalized spacial score (nSPS) is 13.0. The van der Waals surface area contributed by atoms with E-state index in [1.165, 1.54) is 16.0 Å². The monoisotopic (exact) mass is 335 g/mol. The van der Waals surface area contributed by atoms with E-state index in [1.807, 2.05) is 42.6 Å². The lowest BCUT2D eigenvalue weighted by atomic mass is 10.2. The summed E-state index contributed by atoms with van der Waals surface area (Å²) in [5.41, 5.74) is 3.00. The van der Waals surface area contributed by atoms with E-state index in [1.54, 1.807) is 18.5 Å². The van der Waals surface area contributed by atoms with E-state index < -0.39 is 0 Å². The highest BCUT2D eigenvalue weighted by Gasteiger charge is 2.14. The number of thiazole rings is 1. The van der Waals surface area contributed by atoms with Crippen LogP contribution in [0.5, 0.6) is 0 Å². The van der Waals surface area contributed by atoms with Crippen LogP contribution in [0.3, 0.4) is 0 Å². The fraction of sp³-hybridized carbons (Fsp3) is 0.0588. The van der Waals surface area contributed by atoms with Gasteiger partial charge < -0.3 is 0 Å². The minimum absolute atomic E-state index is 0.161. The summed E-state index contributed by atoms with van der Waals surface area (Å²) in [6, 6.07) is 9.88. The molecule has 0 fully saturated rings. The van der Waals surface area contributed by atoms with Crippen LogP contribution in [0.25, 0.3) is 22.5 Å². The molecular formula is C17H13N5OS. The van der Waals surface area contributed by atoms with Crippen molar-refractivity contribution in [3.05, 3.63) is 63.1 Å². The molecule has 0 saturated heterocycles. The third-order valence-corrected chi connectivity index (χ3v) is 4.45. The van der Waals surface area contributed by atoms with Gasteiger partial charge in [0.05, 0.1) is 11.3 Å². The Morgan fingerprint density at radius 2 is 1.92 bits per heavy atom. The Balaban J connectivity index is 1.75. The topological polar surface area (TPSA) is 75.4 Å². The zero-order valence-corrected chi connectivity index (χ0v) is 13.6. The van der Waals surface area contributed by atoms with Crippen LogP contribution in [0.2, 0.25) is 0 Å². The van der Waals surface area contributed by atoms with Crippen molar-refractivity contribution in [3.63, 3.8) is 0 Å². The van der Waals surface area contributed by atoms with Gasteiger partial charge in [-0.2, -0.15) is 4.68 Å². The number of nitrogens with one attached hydrogen (secondary N) is 1. The molecule has 1 N–H and O–H groups in total. The van der Waals surface area contributed by atoms with E-state index in [-0.39, 0.29) is 5.56 Å². The van der Waals surface area contributed by atoms with Crippen molar-refractivity contribution in [2.75, 3.05) is 0 Å². The van der Waals surface area contributed by atoms with Crippen molar-refractivity contribution >= 4 is 29.8 Å². The Morgan fingerprint density at radius 1 is 1.17 bits per heavy atom. The lowest BCUT2D eigenvalue weighted by Gasteiger charge is -1.96. The summed E-state index contributed by atoms with van der Waals surface area (Å²) in [6.45, 7) is 1.85. The molecule has 4 rings (SSSR count). The summed E-state index contributed by atoms with van der Waals surface area (Å²) >= 11 is 1.42. The predicted molar refractivity (Wildman–Crippen MR) is 97.2 cm³/mol. The SMILES string of the molecule is Cc1[nH]n(-c2nc(-c3ccccc3)cs2)c(=O)c1C=C1N=CC=N1. The van der Waals surface area contributed by atoms with Gasteiger partial charge >= 0.3 is 0 Å². The number of aromatic amines is 1. The molecule has 2 aromatic heterocycles. The quantitative estimate of drug-likeness (QED) is 0.799. The zero-order chi connectivity index (χ0) is 16.5. The summed E-state index contributed by atoms with van der Waals surface area (Å²) in [5, 5.41) is 5.62. The molecule has 0 spiro atoms. The van der Waals surface area contributed by atoms with E-state index in [0.717, 1.165) is 17.0 Å². The van der Waals surface area contributed by atoms with Crippen molar-refractivity contribution in [1.82, 2.24) is 14.8 Å². The number of benzene rings is 1. The lowest BCUT2D eigenvalue weighted by molar-refractivity contribution is 0.827. The highest BCUT2D eigenvalue weighted by molar-refractivity contribution is 7.12. The van der Waals surface area contributed by atoms with Gasteiger partial charge in [0.15, 0.2) is 5.82 Å². The predicted octanol–water partition coefficient (Wildman–Crippen LogP) is 3.05. The molecule has 0 unspecified atom stereocenters. The molecule has 3 aromatic rings. The number of aliphatic imine (C=N–C) groups is 2. The third kappa shape index (κ3) is 2.55. The van der Waals surface area contributed by atoms with Crippen molar-refractivity contribution in [2.45, 2.75) is 6.92 Å². The van der Waals surface area contributed by atoms with Gasteiger partial charge in [-0.05, 0) is 13.0 Å². The summed E-state index contributed by atoms with van der Waals surface area (Å²) < 4.78 is 1.46. The van der Waals surface area contributed by atoms with Crippen LogP contribution < -0.4 is 5.56 Å². The Labute approximate surface area is 141 Å². The molecule has 0 saturated carbocycles. The van der Waals surface area contributed by atoms with Crippen LogP contribution >= 0.6 is 11.3 Å². The maximum Gasteiger partial charge on any atom is 0.280 e. The van der Waals surface area contributed by atoms with E-state index in [0.29, 0.717) is 16.5 Å². The first-order valence-corrected chi connectivity index (χ1v) is 8.22. The second-order valence-corrected chi connectivity index (χ2v) is 6.07. The molecular weight excluding hydrogens is 322 g/mol. The molecule has 1 aliphatic heterocycles. The molecule has 0 atom stereocenters. The number of aryl methyl sites for hydroxylation is 1. The minimum atomic E-state index is -0.161. The van der Waals surface area contributed by atoms with Gasteiger partial charge in [0.2, 0.25) is 5.13 Å². The highest BCUT2D eigenvalue weighted by atomic mass is 32.1. The van der Waals surface area contributed by atoms with Crippen LogP contribution in [0, 0.1) is 6.92 Å². The first-order valence-electron chi connectivity index (χ1n) is 7.34. The van der Waals surface area contributed by atoms with Gasteiger partial charge in [0, 0.05) is 29.1 Å². The molecule has 0 radical (unpaired) electrons. The largest absolute Gasteiger partial charge is 0.293 e. The maximum absolute atomic E-state index is 12.7. The molecule has 3 heterocycles. The fourth-order valence-corrected chi connectivity index (χ4v) is 3.22. The average Bonchev–Trinajstić information content (AvgIpc) is 3.33. The maximum atomic E-state index is 12.7. The number of H-pyrrole nitrogens is 1. The second-order valence-electron chi connectivity index (χ2n) is 5.23. The van der Waals surface area contributed by atoms with Gasteiger partial charge in [-0.15, -0.1) is 11.3 Å². The number of rotatable bonds is 3. The molecule has 0 amide bonds. The minimum Gasteiger partial charge on any atom is -0.293 e. The van der Waals surface area contributed by atoms with E-state index in [9.17, 15) is 4.79 Å². The van der Waals surface area contributed by atoms with Gasteiger partial charge in [-0.25, -0.2) is 15.0 Å². The van der Waals surface area contributed by atoms with Crippen LogP contribution in [0.15, 0.2) is 56.3 Å². The Bertz CT molecular complexity index is 1020. The fourth-order valence-electron chi connectivity index (χ4n) is 2.43. The zero-order valence-electron chi connectivity index (χ0n) is 12.8. The molecule has 24 heavy (non-hydrogen) atoms. The molecule has 1 aromatic carbocycles. The standard InChI is InChI=1S/C17H13N5OS/c1-11-13(9-15-18-7-8-19-15)16(23)22(21-11)17-20-14(10-24-17)12-5-3-2-4-6-12/h2-10,21H,1H3. The summed E-state index contributed by atoms with van der Waals surface area (Å²) in [5.74, 6) is 0.519. The molecule has 6 nitrogen and oxygen atoms in total. The summed E-state index contributed by atoms with van der Waals surface area (Å²) in [4.78, 5) is 25.4.